The fourth-order valence-corrected chi connectivity index (χ4v) is 4.00. The van der Waals surface area contributed by atoms with Gasteiger partial charge in [0.05, 0.1) is 0 Å². The predicted octanol–water partition coefficient (Wildman–Crippen LogP) is 5.67. The number of carbonyl (C=O) groups excluding carboxylic acids is 1. The molecule has 1 atom stereocenters. The molecule has 0 saturated carbocycles. The molecule has 0 aliphatic carbocycles. The Bertz CT molecular complexity index is 954. The number of nitrogens with zero attached hydrogens (tertiary/aromatic N) is 1. The van der Waals surface area contributed by atoms with E-state index in [4.69, 9.17) is 16.3 Å². The lowest BCUT2D eigenvalue weighted by Crippen LogP contribution is -2.37. The van der Waals surface area contributed by atoms with E-state index in [1.165, 1.54) is 10.9 Å². The summed E-state index contributed by atoms with van der Waals surface area (Å²) in [6, 6.07) is 22.1. The maximum Gasteiger partial charge on any atom is 0.260 e. The summed E-state index contributed by atoms with van der Waals surface area (Å²) in [4.78, 5) is 14.8. The first kappa shape index (κ1) is 18.8. The molecule has 0 N–H and O–H groups in total. The van der Waals surface area contributed by atoms with Crippen LogP contribution in [0.2, 0.25) is 5.02 Å². The minimum absolute atomic E-state index is 0.0500. The molecule has 1 saturated heterocycles. The van der Waals surface area contributed by atoms with Gasteiger partial charge in [-0.3, -0.25) is 4.79 Å². The van der Waals surface area contributed by atoms with Crippen LogP contribution >= 0.6 is 11.6 Å². The number of rotatable bonds is 4. The SMILES string of the molecule is O=C(COc1ccc2ccccc2c1)N1CCCCC(c2ccc(Cl)cc2)C1. The van der Waals surface area contributed by atoms with Crippen molar-refractivity contribution in [1.29, 1.82) is 0 Å². The molecule has 1 amide bonds. The van der Waals surface area contributed by atoms with Gasteiger partial charge in [-0.1, -0.05) is 60.5 Å². The van der Waals surface area contributed by atoms with E-state index in [1.807, 2.05) is 47.4 Å². The first-order valence-electron chi connectivity index (χ1n) is 9.84. The van der Waals surface area contributed by atoms with Crippen molar-refractivity contribution in [1.82, 2.24) is 4.90 Å². The van der Waals surface area contributed by atoms with E-state index in [1.54, 1.807) is 0 Å². The fraction of sp³-hybridized carbons (Fsp3) is 0.292. The number of carbonyl (C=O) groups is 1. The number of benzene rings is 3. The third-order valence-corrected chi connectivity index (χ3v) is 5.70. The van der Waals surface area contributed by atoms with Crippen LogP contribution in [0.1, 0.15) is 30.7 Å². The molecule has 3 aromatic carbocycles. The maximum absolute atomic E-state index is 12.8. The van der Waals surface area contributed by atoms with Crippen LogP contribution in [0.3, 0.4) is 0 Å². The van der Waals surface area contributed by atoms with Gasteiger partial charge < -0.3 is 9.64 Å². The highest BCUT2D eigenvalue weighted by molar-refractivity contribution is 6.30. The first-order valence-corrected chi connectivity index (χ1v) is 10.2. The van der Waals surface area contributed by atoms with Gasteiger partial charge in [0.1, 0.15) is 5.75 Å². The monoisotopic (exact) mass is 393 g/mol. The highest BCUT2D eigenvalue weighted by atomic mass is 35.5. The normalized spacial score (nSPS) is 17.3. The molecule has 4 rings (SSSR count). The van der Waals surface area contributed by atoms with Crippen LogP contribution in [0.25, 0.3) is 10.8 Å². The van der Waals surface area contributed by atoms with Crippen LogP contribution in [0.15, 0.2) is 66.7 Å². The van der Waals surface area contributed by atoms with Crippen molar-refractivity contribution >= 4 is 28.3 Å². The molecular weight excluding hydrogens is 370 g/mol. The minimum atomic E-state index is 0.0500. The van der Waals surface area contributed by atoms with Crippen molar-refractivity contribution in [3.05, 3.63) is 77.3 Å². The lowest BCUT2D eigenvalue weighted by molar-refractivity contribution is -0.133. The molecule has 1 unspecified atom stereocenters. The summed E-state index contributed by atoms with van der Waals surface area (Å²) in [6.07, 6.45) is 3.26. The van der Waals surface area contributed by atoms with Crippen molar-refractivity contribution in [2.45, 2.75) is 25.2 Å². The molecule has 3 nitrogen and oxygen atoms in total. The van der Waals surface area contributed by atoms with Crippen LogP contribution in [0.4, 0.5) is 0 Å². The Kier molecular flexibility index (Phi) is 5.82. The second-order valence-corrected chi connectivity index (χ2v) is 7.82. The first-order chi connectivity index (χ1) is 13.7. The smallest absolute Gasteiger partial charge is 0.260 e. The largest absolute Gasteiger partial charge is 0.484 e. The lowest BCUT2D eigenvalue weighted by atomic mass is 9.94. The Morgan fingerprint density at radius 2 is 1.79 bits per heavy atom. The average molecular weight is 394 g/mol. The zero-order valence-electron chi connectivity index (χ0n) is 15.8. The van der Waals surface area contributed by atoms with Crippen LogP contribution < -0.4 is 4.74 Å². The Morgan fingerprint density at radius 1 is 1.00 bits per heavy atom. The summed E-state index contributed by atoms with van der Waals surface area (Å²) in [5.74, 6) is 1.13. The summed E-state index contributed by atoms with van der Waals surface area (Å²) in [5, 5.41) is 3.03. The lowest BCUT2D eigenvalue weighted by Gasteiger charge is -2.25. The molecular formula is C24H24ClNO2. The zero-order chi connectivity index (χ0) is 19.3. The number of hydrogen-bond acceptors (Lipinski definition) is 2. The van der Waals surface area contributed by atoms with Gasteiger partial charge in [-0.15, -0.1) is 0 Å². The van der Waals surface area contributed by atoms with Crippen molar-refractivity contribution in [3.63, 3.8) is 0 Å². The van der Waals surface area contributed by atoms with E-state index in [2.05, 4.69) is 24.3 Å². The standard InChI is InChI=1S/C24H24ClNO2/c25-22-11-8-19(9-12-22)21-7-3-4-14-26(16-21)24(27)17-28-23-13-10-18-5-1-2-6-20(18)15-23/h1-2,5-6,8-13,15,21H,3-4,7,14,16-17H2. The molecule has 1 fully saturated rings. The summed E-state index contributed by atoms with van der Waals surface area (Å²) in [6.45, 7) is 1.61. The number of likely N-dealkylation sites (tertiary alicyclic amines) is 1. The van der Waals surface area contributed by atoms with E-state index >= 15 is 0 Å². The van der Waals surface area contributed by atoms with Crippen molar-refractivity contribution in [3.8, 4) is 5.75 Å². The molecule has 0 aromatic heterocycles. The van der Waals surface area contributed by atoms with E-state index in [0.29, 0.717) is 5.92 Å². The number of fused-ring (bicyclic) bond motifs is 1. The molecule has 1 aliphatic heterocycles. The average Bonchev–Trinajstić information content (AvgIpc) is 2.99. The molecule has 0 spiro atoms. The quantitative estimate of drug-likeness (QED) is 0.571. The molecule has 0 radical (unpaired) electrons. The van der Waals surface area contributed by atoms with Gasteiger partial charge in [0.25, 0.3) is 5.91 Å². The van der Waals surface area contributed by atoms with Crippen molar-refractivity contribution in [2.75, 3.05) is 19.7 Å². The summed E-state index contributed by atoms with van der Waals surface area (Å²) in [5.41, 5.74) is 1.25. The Morgan fingerprint density at radius 3 is 2.61 bits per heavy atom. The zero-order valence-corrected chi connectivity index (χ0v) is 16.6. The van der Waals surface area contributed by atoms with Crippen LogP contribution in [0, 0.1) is 0 Å². The second kappa shape index (κ2) is 8.66. The van der Waals surface area contributed by atoms with Gasteiger partial charge >= 0.3 is 0 Å². The van der Waals surface area contributed by atoms with Gasteiger partial charge in [-0.25, -0.2) is 0 Å². The maximum atomic E-state index is 12.8. The van der Waals surface area contributed by atoms with Gasteiger partial charge in [-0.2, -0.15) is 0 Å². The third-order valence-electron chi connectivity index (χ3n) is 5.45. The van der Waals surface area contributed by atoms with E-state index in [0.717, 1.165) is 48.5 Å². The van der Waals surface area contributed by atoms with Gasteiger partial charge in [0.2, 0.25) is 0 Å². The Hall–Kier alpha value is -2.52. The summed E-state index contributed by atoms with van der Waals surface area (Å²) in [7, 11) is 0. The van der Waals surface area contributed by atoms with Crippen LogP contribution in [-0.2, 0) is 4.79 Å². The van der Waals surface area contributed by atoms with E-state index < -0.39 is 0 Å². The number of amides is 1. The number of ether oxygens (including phenoxy) is 1. The van der Waals surface area contributed by atoms with Gasteiger partial charge in [0, 0.05) is 24.0 Å². The van der Waals surface area contributed by atoms with Gasteiger partial charge in [-0.05, 0) is 53.4 Å². The van der Waals surface area contributed by atoms with Gasteiger partial charge in [0.15, 0.2) is 6.61 Å². The Labute approximate surface area is 170 Å². The van der Waals surface area contributed by atoms with Crippen molar-refractivity contribution in [2.24, 2.45) is 0 Å². The fourth-order valence-electron chi connectivity index (χ4n) is 3.87. The predicted molar refractivity (Wildman–Crippen MR) is 114 cm³/mol. The highest BCUT2D eigenvalue weighted by Gasteiger charge is 2.23. The molecule has 28 heavy (non-hydrogen) atoms. The minimum Gasteiger partial charge on any atom is -0.484 e. The molecule has 0 bridgehead atoms. The van der Waals surface area contributed by atoms with E-state index in [9.17, 15) is 4.79 Å². The Balaban J connectivity index is 1.40. The summed E-state index contributed by atoms with van der Waals surface area (Å²) < 4.78 is 5.82. The molecule has 3 aromatic rings. The van der Waals surface area contributed by atoms with Crippen LogP contribution in [-0.4, -0.2) is 30.5 Å². The molecule has 1 aliphatic rings. The second-order valence-electron chi connectivity index (χ2n) is 7.38. The topological polar surface area (TPSA) is 29.5 Å². The molecule has 144 valence electrons. The molecule has 1 heterocycles. The number of halogens is 1. The number of hydrogen-bond donors (Lipinski definition) is 0. The molecule has 4 heteroatoms. The third kappa shape index (κ3) is 4.48. The highest BCUT2D eigenvalue weighted by Crippen LogP contribution is 2.28. The van der Waals surface area contributed by atoms with E-state index in [-0.39, 0.29) is 12.5 Å². The van der Waals surface area contributed by atoms with Crippen molar-refractivity contribution < 1.29 is 9.53 Å². The summed E-state index contributed by atoms with van der Waals surface area (Å²) >= 11 is 6.02. The van der Waals surface area contributed by atoms with Crippen LogP contribution in [0.5, 0.6) is 5.75 Å².